The molecule has 2 N–H and O–H groups in total. The fourth-order valence-corrected chi connectivity index (χ4v) is 4.09. The Morgan fingerprint density at radius 2 is 1.61 bits per heavy atom. The SMILES string of the molecule is Cl.O=C(NC1CCN(C(=O)C2CCCCC2)C1)C1CCNCC1. The first-order valence-electron chi connectivity index (χ1n) is 9.04. The number of nitrogens with one attached hydrogen (secondary N) is 2. The van der Waals surface area contributed by atoms with E-state index in [0.717, 1.165) is 51.7 Å². The molecule has 3 fully saturated rings. The van der Waals surface area contributed by atoms with E-state index in [2.05, 4.69) is 10.6 Å². The van der Waals surface area contributed by atoms with Crippen LogP contribution in [0.5, 0.6) is 0 Å². The number of likely N-dealkylation sites (tertiary alicyclic amines) is 1. The van der Waals surface area contributed by atoms with Crippen LogP contribution in [0.1, 0.15) is 51.4 Å². The van der Waals surface area contributed by atoms with E-state index in [1.165, 1.54) is 19.3 Å². The fraction of sp³-hybridized carbons (Fsp3) is 0.882. The van der Waals surface area contributed by atoms with Gasteiger partial charge in [-0.15, -0.1) is 12.4 Å². The molecular weight excluding hydrogens is 314 g/mol. The average Bonchev–Trinajstić information content (AvgIpc) is 3.04. The number of nitrogens with zero attached hydrogens (tertiary/aromatic N) is 1. The molecule has 2 aliphatic heterocycles. The van der Waals surface area contributed by atoms with Crippen LogP contribution in [-0.2, 0) is 9.59 Å². The van der Waals surface area contributed by atoms with Gasteiger partial charge in [-0.3, -0.25) is 9.59 Å². The van der Waals surface area contributed by atoms with Gasteiger partial charge in [0.05, 0.1) is 0 Å². The maximum absolute atomic E-state index is 12.5. The normalized spacial score (nSPS) is 26.6. The van der Waals surface area contributed by atoms with Crippen molar-refractivity contribution in [1.29, 1.82) is 0 Å². The highest BCUT2D eigenvalue weighted by Crippen LogP contribution is 2.27. The lowest BCUT2D eigenvalue weighted by molar-refractivity contribution is -0.135. The number of halogens is 1. The average molecular weight is 344 g/mol. The Kier molecular flexibility index (Phi) is 7.15. The molecule has 1 atom stereocenters. The van der Waals surface area contributed by atoms with Crippen LogP contribution in [-0.4, -0.2) is 48.9 Å². The fourth-order valence-electron chi connectivity index (χ4n) is 4.09. The molecule has 0 aromatic rings. The summed E-state index contributed by atoms with van der Waals surface area (Å²) in [4.78, 5) is 26.8. The molecule has 3 aliphatic rings. The number of carbonyl (C=O) groups is 2. The number of hydrogen-bond donors (Lipinski definition) is 2. The molecule has 3 rings (SSSR count). The molecule has 1 unspecified atom stereocenters. The Morgan fingerprint density at radius 1 is 0.913 bits per heavy atom. The predicted octanol–water partition coefficient (Wildman–Crippen LogP) is 1.71. The molecule has 6 heteroatoms. The van der Waals surface area contributed by atoms with E-state index in [-0.39, 0.29) is 36.2 Å². The topological polar surface area (TPSA) is 61.4 Å². The van der Waals surface area contributed by atoms with Crippen LogP contribution in [0.3, 0.4) is 0 Å². The molecule has 2 amide bonds. The molecule has 1 saturated carbocycles. The third-order valence-corrected chi connectivity index (χ3v) is 5.51. The van der Waals surface area contributed by atoms with Crippen LogP contribution in [0.4, 0.5) is 0 Å². The van der Waals surface area contributed by atoms with Crippen LogP contribution in [0, 0.1) is 11.8 Å². The Hall–Kier alpha value is -0.810. The van der Waals surface area contributed by atoms with Crippen molar-refractivity contribution in [2.75, 3.05) is 26.2 Å². The number of hydrogen-bond acceptors (Lipinski definition) is 3. The zero-order chi connectivity index (χ0) is 15.4. The maximum atomic E-state index is 12.5. The lowest BCUT2D eigenvalue weighted by Crippen LogP contribution is -2.44. The first-order chi connectivity index (χ1) is 10.7. The summed E-state index contributed by atoms with van der Waals surface area (Å²) in [5, 5.41) is 6.46. The van der Waals surface area contributed by atoms with Gasteiger partial charge >= 0.3 is 0 Å². The Morgan fingerprint density at radius 3 is 2.30 bits per heavy atom. The zero-order valence-electron chi connectivity index (χ0n) is 13.9. The van der Waals surface area contributed by atoms with Crippen LogP contribution < -0.4 is 10.6 Å². The lowest BCUT2D eigenvalue weighted by Gasteiger charge is -2.27. The molecule has 2 heterocycles. The maximum Gasteiger partial charge on any atom is 0.225 e. The molecule has 0 spiro atoms. The highest BCUT2D eigenvalue weighted by molar-refractivity contribution is 5.85. The van der Waals surface area contributed by atoms with Gasteiger partial charge in [-0.1, -0.05) is 19.3 Å². The number of rotatable bonds is 3. The summed E-state index contributed by atoms with van der Waals surface area (Å²) in [6.07, 6.45) is 8.56. The van der Waals surface area contributed by atoms with E-state index in [1.807, 2.05) is 4.90 Å². The Balaban J connectivity index is 0.00000192. The largest absolute Gasteiger partial charge is 0.351 e. The monoisotopic (exact) mass is 343 g/mol. The van der Waals surface area contributed by atoms with Crippen molar-refractivity contribution < 1.29 is 9.59 Å². The molecular formula is C17H30ClN3O2. The van der Waals surface area contributed by atoms with Gasteiger partial charge in [-0.2, -0.15) is 0 Å². The minimum absolute atomic E-state index is 0. The Bertz CT molecular complexity index is 407. The van der Waals surface area contributed by atoms with Gasteiger partial charge in [0.1, 0.15) is 0 Å². The molecule has 0 bridgehead atoms. The van der Waals surface area contributed by atoms with Crippen molar-refractivity contribution in [3.05, 3.63) is 0 Å². The van der Waals surface area contributed by atoms with Gasteiger partial charge in [0.25, 0.3) is 0 Å². The second kappa shape index (κ2) is 8.88. The van der Waals surface area contributed by atoms with Crippen LogP contribution in [0.25, 0.3) is 0 Å². The summed E-state index contributed by atoms with van der Waals surface area (Å²) in [5.41, 5.74) is 0. The molecule has 0 aromatic heterocycles. The van der Waals surface area contributed by atoms with Crippen molar-refractivity contribution in [2.24, 2.45) is 11.8 Å². The van der Waals surface area contributed by atoms with Gasteiger partial charge in [-0.25, -0.2) is 0 Å². The summed E-state index contributed by atoms with van der Waals surface area (Å²) in [5.74, 6) is 0.925. The van der Waals surface area contributed by atoms with Gasteiger partial charge in [-0.05, 0) is 45.2 Å². The van der Waals surface area contributed by atoms with Crippen molar-refractivity contribution >= 4 is 24.2 Å². The van der Waals surface area contributed by atoms with E-state index in [0.29, 0.717) is 12.5 Å². The first kappa shape index (κ1) is 18.5. The predicted molar refractivity (Wildman–Crippen MR) is 92.5 cm³/mol. The van der Waals surface area contributed by atoms with Crippen molar-refractivity contribution in [3.63, 3.8) is 0 Å². The van der Waals surface area contributed by atoms with Crippen LogP contribution >= 0.6 is 12.4 Å². The third-order valence-electron chi connectivity index (χ3n) is 5.51. The molecule has 5 nitrogen and oxygen atoms in total. The minimum Gasteiger partial charge on any atom is -0.351 e. The van der Waals surface area contributed by atoms with E-state index in [1.54, 1.807) is 0 Å². The van der Waals surface area contributed by atoms with Crippen molar-refractivity contribution in [1.82, 2.24) is 15.5 Å². The highest BCUT2D eigenvalue weighted by atomic mass is 35.5. The van der Waals surface area contributed by atoms with Crippen molar-refractivity contribution in [3.8, 4) is 0 Å². The number of amides is 2. The quantitative estimate of drug-likeness (QED) is 0.820. The van der Waals surface area contributed by atoms with Gasteiger partial charge in [0.15, 0.2) is 0 Å². The van der Waals surface area contributed by atoms with E-state index in [9.17, 15) is 9.59 Å². The van der Waals surface area contributed by atoms with E-state index in [4.69, 9.17) is 0 Å². The summed E-state index contributed by atoms with van der Waals surface area (Å²) in [6.45, 7) is 3.41. The van der Waals surface area contributed by atoms with Gasteiger partial charge in [0, 0.05) is 31.0 Å². The van der Waals surface area contributed by atoms with E-state index >= 15 is 0 Å². The molecule has 23 heavy (non-hydrogen) atoms. The van der Waals surface area contributed by atoms with Gasteiger partial charge in [0.2, 0.25) is 11.8 Å². The number of carbonyl (C=O) groups excluding carboxylic acids is 2. The highest BCUT2D eigenvalue weighted by Gasteiger charge is 2.33. The van der Waals surface area contributed by atoms with Crippen LogP contribution in [0.15, 0.2) is 0 Å². The molecule has 132 valence electrons. The summed E-state index contributed by atoms with van der Waals surface area (Å²) in [7, 11) is 0. The molecule has 0 aromatic carbocycles. The molecule has 1 aliphatic carbocycles. The second-order valence-corrected chi connectivity index (χ2v) is 7.14. The van der Waals surface area contributed by atoms with Crippen molar-refractivity contribution in [2.45, 2.75) is 57.4 Å². The van der Waals surface area contributed by atoms with Gasteiger partial charge < -0.3 is 15.5 Å². The first-order valence-corrected chi connectivity index (χ1v) is 9.04. The number of piperidine rings is 1. The standard InChI is InChI=1S/C17H29N3O2.ClH/c21-16(13-6-9-18-10-7-13)19-15-8-11-20(12-15)17(22)14-4-2-1-3-5-14;/h13-15,18H,1-12H2,(H,19,21);1H. The second-order valence-electron chi connectivity index (χ2n) is 7.14. The Labute approximate surface area is 145 Å². The minimum atomic E-state index is 0. The van der Waals surface area contributed by atoms with E-state index < -0.39 is 0 Å². The lowest BCUT2D eigenvalue weighted by atomic mass is 9.88. The molecule has 2 saturated heterocycles. The zero-order valence-corrected chi connectivity index (χ0v) is 14.7. The third kappa shape index (κ3) is 4.83. The smallest absolute Gasteiger partial charge is 0.225 e. The summed E-state index contributed by atoms with van der Waals surface area (Å²) in [6, 6.07) is 0.162. The summed E-state index contributed by atoms with van der Waals surface area (Å²) >= 11 is 0. The van der Waals surface area contributed by atoms with Crippen LogP contribution in [0.2, 0.25) is 0 Å². The summed E-state index contributed by atoms with van der Waals surface area (Å²) < 4.78 is 0. The molecule has 0 radical (unpaired) electrons.